The lowest BCUT2D eigenvalue weighted by Gasteiger charge is -2.32. The van der Waals surface area contributed by atoms with Crippen LogP contribution in [0, 0.1) is 0 Å². The summed E-state index contributed by atoms with van der Waals surface area (Å²) >= 11 is 0. The zero-order valence-electron chi connectivity index (χ0n) is 10.8. The van der Waals surface area contributed by atoms with Gasteiger partial charge in [-0.15, -0.1) is 0 Å². The number of piperidine rings is 1. The van der Waals surface area contributed by atoms with Gasteiger partial charge in [-0.3, -0.25) is 4.79 Å². The Morgan fingerprint density at radius 2 is 1.89 bits per heavy atom. The average Bonchev–Trinajstić information content (AvgIpc) is 2.35. The van der Waals surface area contributed by atoms with E-state index in [1.54, 1.807) is 0 Å². The number of aliphatic carboxylic acids is 1. The largest absolute Gasteiger partial charge is 0.479 e. The van der Waals surface area contributed by atoms with Crippen LogP contribution in [0.2, 0.25) is 0 Å². The van der Waals surface area contributed by atoms with Crippen molar-refractivity contribution in [1.29, 1.82) is 0 Å². The van der Waals surface area contributed by atoms with Crippen molar-refractivity contribution in [1.82, 2.24) is 15.5 Å². The summed E-state index contributed by atoms with van der Waals surface area (Å²) in [4.78, 5) is 34.5. The predicted molar refractivity (Wildman–Crippen MR) is 65.5 cm³/mol. The number of amides is 3. The van der Waals surface area contributed by atoms with Gasteiger partial charge in [-0.05, 0) is 12.8 Å². The van der Waals surface area contributed by atoms with Crippen molar-refractivity contribution in [3.8, 4) is 0 Å². The summed E-state index contributed by atoms with van der Waals surface area (Å²) in [7, 11) is 0. The number of nitrogens with zero attached hydrogens (tertiary/aromatic N) is 1. The Hall–Kier alpha value is -1.83. The van der Waals surface area contributed by atoms with Crippen LogP contribution in [-0.4, -0.2) is 64.8 Å². The third kappa shape index (κ3) is 5.12. The van der Waals surface area contributed by atoms with E-state index in [1.807, 2.05) is 0 Å². The first-order valence-electron chi connectivity index (χ1n) is 6.11. The minimum Gasteiger partial charge on any atom is -0.479 e. The van der Waals surface area contributed by atoms with Gasteiger partial charge in [-0.25, -0.2) is 9.59 Å². The third-order valence-electron chi connectivity index (χ3n) is 2.92. The Morgan fingerprint density at radius 1 is 1.32 bits per heavy atom. The maximum Gasteiger partial charge on any atom is 0.334 e. The van der Waals surface area contributed by atoms with E-state index in [9.17, 15) is 14.4 Å². The Kier molecular flexibility index (Phi) is 5.56. The molecule has 108 valence electrons. The highest BCUT2D eigenvalue weighted by atomic mass is 16.4. The zero-order valence-corrected chi connectivity index (χ0v) is 10.8. The lowest BCUT2D eigenvalue weighted by molar-refractivity contribution is -0.146. The number of aliphatic hydroxyl groups excluding tert-OH is 1. The van der Waals surface area contributed by atoms with Gasteiger partial charge >= 0.3 is 12.0 Å². The second kappa shape index (κ2) is 6.93. The molecule has 0 aromatic heterocycles. The number of urea groups is 1. The zero-order chi connectivity index (χ0) is 14.4. The van der Waals surface area contributed by atoms with Gasteiger partial charge in [0.05, 0.1) is 6.54 Å². The number of hydrogen-bond acceptors (Lipinski definition) is 4. The molecular formula is C11H19N3O5. The Balaban J connectivity index is 2.29. The molecule has 0 saturated carbocycles. The molecule has 0 spiro atoms. The number of rotatable bonds is 4. The summed E-state index contributed by atoms with van der Waals surface area (Å²) in [5.41, 5.74) is 0. The lowest BCUT2D eigenvalue weighted by Crippen LogP contribution is -2.50. The molecule has 0 aromatic rings. The quantitative estimate of drug-likeness (QED) is 0.510. The molecule has 1 aliphatic rings. The van der Waals surface area contributed by atoms with Crippen LogP contribution in [0.5, 0.6) is 0 Å². The molecule has 1 saturated heterocycles. The molecular weight excluding hydrogens is 254 g/mol. The molecule has 0 radical (unpaired) electrons. The molecule has 8 nitrogen and oxygen atoms in total. The highest BCUT2D eigenvalue weighted by molar-refractivity contribution is 5.77. The Labute approximate surface area is 110 Å². The van der Waals surface area contributed by atoms with Crippen LogP contribution in [0.1, 0.15) is 19.8 Å². The highest BCUT2D eigenvalue weighted by Crippen LogP contribution is 2.10. The van der Waals surface area contributed by atoms with Gasteiger partial charge in [0.1, 0.15) is 0 Å². The van der Waals surface area contributed by atoms with Crippen molar-refractivity contribution >= 4 is 17.9 Å². The summed E-state index contributed by atoms with van der Waals surface area (Å²) < 4.78 is 0. The van der Waals surface area contributed by atoms with Crippen molar-refractivity contribution in [2.75, 3.05) is 19.6 Å². The van der Waals surface area contributed by atoms with Crippen molar-refractivity contribution in [3.63, 3.8) is 0 Å². The molecule has 1 heterocycles. The molecule has 0 aliphatic carbocycles. The van der Waals surface area contributed by atoms with Crippen LogP contribution < -0.4 is 10.6 Å². The van der Waals surface area contributed by atoms with E-state index in [0.29, 0.717) is 25.9 Å². The molecule has 1 aliphatic heterocycles. The molecule has 0 bridgehead atoms. The second-order valence-corrected chi connectivity index (χ2v) is 4.50. The molecule has 1 atom stereocenters. The van der Waals surface area contributed by atoms with Crippen LogP contribution in [0.3, 0.4) is 0 Å². The standard InChI is InChI=1S/C11H19N3O5/c1-7(15)13-8-2-4-14(5-3-8)11(19)12-6-9(16)10(17)18/h8-9,16H,2-6H2,1H3,(H,12,19)(H,13,15)(H,17,18)/t9-/m0/s1. The van der Waals surface area contributed by atoms with E-state index in [2.05, 4.69) is 10.6 Å². The Morgan fingerprint density at radius 3 is 2.37 bits per heavy atom. The van der Waals surface area contributed by atoms with E-state index in [-0.39, 0.29) is 18.5 Å². The molecule has 19 heavy (non-hydrogen) atoms. The van der Waals surface area contributed by atoms with Gasteiger partial charge in [-0.1, -0.05) is 0 Å². The van der Waals surface area contributed by atoms with Crippen LogP contribution in [0.15, 0.2) is 0 Å². The van der Waals surface area contributed by atoms with Crippen molar-refractivity contribution in [2.45, 2.75) is 31.9 Å². The summed E-state index contributed by atoms with van der Waals surface area (Å²) in [5.74, 6) is -1.46. The first-order valence-corrected chi connectivity index (χ1v) is 6.11. The minimum atomic E-state index is -1.60. The first-order chi connectivity index (χ1) is 8.90. The first kappa shape index (κ1) is 15.2. The molecule has 8 heteroatoms. The van der Waals surface area contributed by atoms with Crippen molar-refractivity contribution in [2.24, 2.45) is 0 Å². The van der Waals surface area contributed by atoms with E-state index in [0.717, 1.165) is 0 Å². The predicted octanol–water partition coefficient (Wildman–Crippen LogP) is -1.26. The van der Waals surface area contributed by atoms with Gasteiger partial charge in [0, 0.05) is 26.1 Å². The maximum atomic E-state index is 11.7. The van der Waals surface area contributed by atoms with E-state index in [4.69, 9.17) is 10.2 Å². The average molecular weight is 273 g/mol. The second-order valence-electron chi connectivity index (χ2n) is 4.50. The van der Waals surface area contributed by atoms with E-state index in [1.165, 1.54) is 11.8 Å². The van der Waals surface area contributed by atoms with Crippen LogP contribution in [-0.2, 0) is 9.59 Å². The fourth-order valence-corrected chi connectivity index (χ4v) is 1.90. The van der Waals surface area contributed by atoms with Crippen molar-refractivity contribution in [3.05, 3.63) is 0 Å². The number of nitrogens with one attached hydrogen (secondary N) is 2. The van der Waals surface area contributed by atoms with Crippen molar-refractivity contribution < 1.29 is 24.6 Å². The summed E-state index contributed by atoms with van der Waals surface area (Å²) in [5, 5.41) is 22.7. The fourth-order valence-electron chi connectivity index (χ4n) is 1.90. The maximum absolute atomic E-state index is 11.7. The highest BCUT2D eigenvalue weighted by Gasteiger charge is 2.24. The SMILES string of the molecule is CC(=O)NC1CCN(C(=O)NC[C@H](O)C(=O)O)CC1. The third-order valence-corrected chi connectivity index (χ3v) is 2.92. The summed E-state index contributed by atoms with van der Waals surface area (Å²) in [6.07, 6.45) is -0.274. The minimum absolute atomic E-state index is 0.0751. The van der Waals surface area contributed by atoms with Gasteiger partial charge in [0.25, 0.3) is 0 Å². The molecule has 0 unspecified atom stereocenters. The number of carbonyl (C=O) groups is 3. The normalized spacial score (nSPS) is 17.7. The van der Waals surface area contributed by atoms with Gasteiger partial charge in [0.15, 0.2) is 6.10 Å². The summed E-state index contributed by atoms with van der Waals surface area (Å²) in [6, 6.07) is -0.326. The molecule has 0 aromatic carbocycles. The molecule has 1 fully saturated rings. The Bertz CT molecular complexity index is 352. The van der Waals surface area contributed by atoms with Crippen LogP contribution in [0.25, 0.3) is 0 Å². The van der Waals surface area contributed by atoms with Crippen LogP contribution >= 0.6 is 0 Å². The van der Waals surface area contributed by atoms with E-state index >= 15 is 0 Å². The number of hydrogen-bond donors (Lipinski definition) is 4. The smallest absolute Gasteiger partial charge is 0.334 e. The molecule has 4 N–H and O–H groups in total. The van der Waals surface area contributed by atoms with Gasteiger partial charge in [-0.2, -0.15) is 0 Å². The number of aliphatic hydroxyl groups is 1. The molecule has 3 amide bonds. The number of carbonyl (C=O) groups excluding carboxylic acids is 2. The van der Waals surface area contributed by atoms with Gasteiger partial charge in [0.2, 0.25) is 5.91 Å². The van der Waals surface area contributed by atoms with E-state index < -0.39 is 18.1 Å². The topological polar surface area (TPSA) is 119 Å². The van der Waals surface area contributed by atoms with Gasteiger partial charge < -0.3 is 25.7 Å². The number of likely N-dealkylation sites (tertiary alicyclic amines) is 1. The summed E-state index contributed by atoms with van der Waals surface area (Å²) in [6.45, 7) is 2.10. The monoisotopic (exact) mass is 273 g/mol. The fraction of sp³-hybridized carbons (Fsp3) is 0.727. The lowest BCUT2D eigenvalue weighted by atomic mass is 10.1. The van der Waals surface area contributed by atoms with Crippen LogP contribution in [0.4, 0.5) is 4.79 Å². The molecule has 1 rings (SSSR count). The number of carboxylic acid groups (broad SMARTS) is 1. The number of carboxylic acids is 1.